The lowest BCUT2D eigenvalue weighted by Gasteiger charge is -2.28. The largest absolute Gasteiger partial charge is 0.508 e. The first-order chi connectivity index (χ1) is 17.8. The van der Waals surface area contributed by atoms with E-state index >= 15 is 0 Å². The number of allylic oxidation sites excluding steroid dienone is 1. The summed E-state index contributed by atoms with van der Waals surface area (Å²) < 4.78 is 6.24. The Bertz CT molecular complexity index is 1570. The van der Waals surface area contributed by atoms with Crippen LogP contribution in [0.25, 0.3) is 17.7 Å². The van der Waals surface area contributed by atoms with E-state index in [9.17, 15) is 30.3 Å². The summed E-state index contributed by atoms with van der Waals surface area (Å²) in [5, 5.41) is 49.9. The standard InChI is InChI=1S/C30H22O7/c31-20-6-3-18(4-7-20)30-25(14-19-5-8-22(33)16-29(19)37-30)24-13-17(2-12-27(24)35)1-11-26(34)23-10-9-21(32)15-28(23)36/h1-16,30-33,35-36H/b11-1+/t30-/m1/s1. The van der Waals surface area contributed by atoms with Crippen LogP contribution in [0.2, 0.25) is 0 Å². The Morgan fingerprint density at radius 1 is 0.730 bits per heavy atom. The summed E-state index contributed by atoms with van der Waals surface area (Å²) in [5.41, 5.74) is 3.19. The number of carbonyl (C=O) groups excluding carboxylic acids is 1. The predicted octanol–water partition coefficient (Wildman–Crippen LogP) is 5.79. The SMILES string of the molecule is O=C(/C=C/c1ccc(O)c(C2=Cc3ccc(O)cc3O[C@@H]2c2ccc(O)cc2)c1)c1ccc(O)cc1O. The van der Waals surface area contributed by atoms with E-state index in [1.165, 1.54) is 42.5 Å². The zero-order valence-electron chi connectivity index (χ0n) is 19.4. The maximum atomic E-state index is 12.6. The predicted molar refractivity (Wildman–Crippen MR) is 139 cm³/mol. The van der Waals surface area contributed by atoms with E-state index in [0.29, 0.717) is 28.0 Å². The molecule has 37 heavy (non-hydrogen) atoms. The van der Waals surface area contributed by atoms with Crippen LogP contribution in [0, 0.1) is 0 Å². The average molecular weight is 494 g/mol. The van der Waals surface area contributed by atoms with Gasteiger partial charge in [-0.3, -0.25) is 4.79 Å². The molecule has 0 spiro atoms. The van der Waals surface area contributed by atoms with Gasteiger partial charge < -0.3 is 30.3 Å². The van der Waals surface area contributed by atoms with Gasteiger partial charge in [0.1, 0.15) is 40.6 Å². The summed E-state index contributed by atoms with van der Waals surface area (Å²) in [6.07, 6.45) is 4.06. The fourth-order valence-corrected chi connectivity index (χ4v) is 4.17. The van der Waals surface area contributed by atoms with Crippen molar-refractivity contribution in [3.8, 4) is 34.5 Å². The Hall–Kier alpha value is -5.17. The number of rotatable bonds is 5. The van der Waals surface area contributed by atoms with Crippen molar-refractivity contribution in [2.75, 3.05) is 0 Å². The monoisotopic (exact) mass is 494 g/mol. The van der Waals surface area contributed by atoms with Gasteiger partial charge in [0.25, 0.3) is 0 Å². The number of ether oxygens (including phenoxy) is 1. The molecule has 1 heterocycles. The van der Waals surface area contributed by atoms with Gasteiger partial charge in [-0.25, -0.2) is 0 Å². The summed E-state index contributed by atoms with van der Waals surface area (Å²) in [6.45, 7) is 0. The molecule has 0 aliphatic carbocycles. The van der Waals surface area contributed by atoms with E-state index in [0.717, 1.165) is 11.6 Å². The van der Waals surface area contributed by atoms with E-state index in [2.05, 4.69) is 0 Å². The van der Waals surface area contributed by atoms with Crippen LogP contribution in [0.15, 0.2) is 84.9 Å². The summed E-state index contributed by atoms with van der Waals surface area (Å²) in [5.74, 6) is -0.307. The van der Waals surface area contributed by atoms with Crippen molar-refractivity contribution < 1.29 is 35.1 Å². The molecular formula is C30H22O7. The summed E-state index contributed by atoms with van der Waals surface area (Å²) in [6, 6.07) is 19.9. The first kappa shape index (κ1) is 23.6. The van der Waals surface area contributed by atoms with Gasteiger partial charge >= 0.3 is 0 Å². The van der Waals surface area contributed by atoms with E-state index in [-0.39, 0.29) is 34.3 Å². The van der Waals surface area contributed by atoms with Crippen molar-refractivity contribution in [1.29, 1.82) is 0 Å². The minimum Gasteiger partial charge on any atom is -0.508 e. The molecule has 1 aliphatic heterocycles. The first-order valence-electron chi connectivity index (χ1n) is 11.4. The van der Waals surface area contributed by atoms with Gasteiger partial charge in [0.05, 0.1) is 5.56 Å². The first-order valence-corrected chi connectivity index (χ1v) is 11.4. The number of hydrogen-bond donors (Lipinski definition) is 5. The second-order valence-corrected chi connectivity index (χ2v) is 8.59. The Morgan fingerprint density at radius 3 is 2.19 bits per heavy atom. The molecule has 7 nitrogen and oxygen atoms in total. The van der Waals surface area contributed by atoms with Crippen LogP contribution in [0.3, 0.4) is 0 Å². The van der Waals surface area contributed by atoms with E-state index < -0.39 is 11.9 Å². The molecule has 7 heteroatoms. The highest BCUT2D eigenvalue weighted by atomic mass is 16.5. The number of phenols is 5. The Labute approximate surface area is 212 Å². The van der Waals surface area contributed by atoms with Crippen molar-refractivity contribution in [3.63, 3.8) is 0 Å². The molecule has 5 rings (SSSR count). The zero-order valence-corrected chi connectivity index (χ0v) is 19.4. The van der Waals surface area contributed by atoms with Gasteiger partial charge in [-0.15, -0.1) is 0 Å². The summed E-state index contributed by atoms with van der Waals surface area (Å²) in [7, 11) is 0. The summed E-state index contributed by atoms with van der Waals surface area (Å²) in [4.78, 5) is 12.6. The van der Waals surface area contributed by atoms with Crippen molar-refractivity contribution >= 4 is 23.5 Å². The van der Waals surface area contributed by atoms with Crippen molar-refractivity contribution in [3.05, 3.63) is 113 Å². The fraction of sp³-hybridized carbons (Fsp3) is 0.0333. The van der Waals surface area contributed by atoms with E-state index in [4.69, 9.17) is 4.74 Å². The zero-order chi connectivity index (χ0) is 26.1. The highest BCUT2D eigenvalue weighted by molar-refractivity contribution is 6.08. The van der Waals surface area contributed by atoms with Crippen LogP contribution in [-0.2, 0) is 0 Å². The van der Waals surface area contributed by atoms with Crippen molar-refractivity contribution in [1.82, 2.24) is 0 Å². The van der Waals surface area contributed by atoms with Crippen LogP contribution in [0.1, 0.15) is 38.7 Å². The van der Waals surface area contributed by atoms with Crippen LogP contribution in [-0.4, -0.2) is 31.3 Å². The third-order valence-electron chi connectivity index (χ3n) is 6.04. The molecule has 5 N–H and O–H groups in total. The minimum atomic E-state index is -0.657. The second kappa shape index (κ2) is 9.47. The molecule has 4 aromatic carbocycles. The molecule has 0 unspecified atom stereocenters. The minimum absolute atomic E-state index is 0.000474. The molecular weight excluding hydrogens is 472 g/mol. The lowest BCUT2D eigenvalue weighted by molar-refractivity contribution is 0.104. The van der Waals surface area contributed by atoms with Crippen molar-refractivity contribution in [2.45, 2.75) is 6.10 Å². The number of carbonyl (C=O) groups is 1. The van der Waals surface area contributed by atoms with Gasteiger partial charge in [0.2, 0.25) is 0 Å². The normalized spacial score (nSPS) is 14.6. The highest BCUT2D eigenvalue weighted by Crippen LogP contribution is 2.45. The van der Waals surface area contributed by atoms with Crippen molar-refractivity contribution in [2.24, 2.45) is 0 Å². The van der Waals surface area contributed by atoms with Gasteiger partial charge in [0.15, 0.2) is 5.78 Å². The Morgan fingerprint density at radius 2 is 1.43 bits per heavy atom. The molecule has 0 aromatic heterocycles. The topological polar surface area (TPSA) is 127 Å². The van der Waals surface area contributed by atoms with Crippen LogP contribution in [0.4, 0.5) is 0 Å². The number of fused-ring (bicyclic) bond motifs is 1. The quantitative estimate of drug-likeness (QED) is 0.176. The fourth-order valence-electron chi connectivity index (χ4n) is 4.17. The van der Waals surface area contributed by atoms with E-state index in [1.807, 2.05) is 6.08 Å². The number of phenolic OH excluding ortho intramolecular Hbond substituents is 5. The lowest BCUT2D eigenvalue weighted by atomic mass is 9.89. The highest BCUT2D eigenvalue weighted by Gasteiger charge is 2.28. The van der Waals surface area contributed by atoms with E-state index in [1.54, 1.807) is 42.5 Å². The molecule has 1 aliphatic rings. The Balaban J connectivity index is 1.54. The number of aromatic hydroxyl groups is 5. The van der Waals surface area contributed by atoms with Gasteiger partial charge in [-0.05, 0) is 71.8 Å². The van der Waals surface area contributed by atoms with Gasteiger partial charge in [-0.2, -0.15) is 0 Å². The maximum Gasteiger partial charge on any atom is 0.189 e. The lowest BCUT2D eigenvalue weighted by Crippen LogP contribution is -2.14. The molecule has 0 amide bonds. The second-order valence-electron chi connectivity index (χ2n) is 8.59. The Kier molecular flexibility index (Phi) is 6.03. The molecule has 0 bridgehead atoms. The van der Waals surface area contributed by atoms with Crippen LogP contribution >= 0.6 is 0 Å². The molecule has 184 valence electrons. The number of benzene rings is 4. The van der Waals surface area contributed by atoms with Gasteiger partial charge in [-0.1, -0.05) is 24.3 Å². The van der Waals surface area contributed by atoms with Gasteiger partial charge in [0, 0.05) is 28.8 Å². The number of hydrogen-bond acceptors (Lipinski definition) is 7. The molecule has 1 atom stereocenters. The molecule has 0 saturated carbocycles. The molecule has 0 saturated heterocycles. The number of ketones is 1. The summed E-state index contributed by atoms with van der Waals surface area (Å²) >= 11 is 0. The van der Waals surface area contributed by atoms with Crippen LogP contribution in [0.5, 0.6) is 34.5 Å². The maximum absolute atomic E-state index is 12.6. The molecule has 0 radical (unpaired) electrons. The smallest absolute Gasteiger partial charge is 0.189 e. The molecule has 4 aromatic rings. The third-order valence-corrected chi connectivity index (χ3v) is 6.04. The molecule has 0 fully saturated rings. The van der Waals surface area contributed by atoms with Crippen LogP contribution < -0.4 is 4.74 Å². The average Bonchev–Trinajstić information content (AvgIpc) is 2.88. The third kappa shape index (κ3) is 4.83.